The largest absolute Gasteiger partial charge is 0.385 e. The minimum atomic E-state index is -0.195. The Morgan fingerprint density at radius 3 is 2.67 bits per heavy atom. The van der Waals surface area contributed by atoms with Crippen molar-refractivity contribution in [3.05, 3.63) is 35.9 Å². The van der Waals surface area contributed by atoms with Gasteiger partial charge in [0.2, 0.25) is 5.91 Å². The third-order valence-electron chi connectivity index (χ3n) is 4.84. The van der Waals surface area contributed by atoms with Gasteiger partial charge in [-0.3, -0.25) is 10.1 Å². The van der Waals surface area contributed by atoms with E-state index >= 15 is 0 Å². The van der Waals surface area contributed by atoms with Crippen molar-refractivity contribution in [3.8, 4) is 0 Å². The highest BCUT2D eigenvalue weighted by atomic mass is 16.5. The van der Waals surface area contributed by atoms with Crippen molar-refractivity contribution in [2.24, 2.45) is 5.41 Å². The van der Waals surface area contributed by atoms with Crippen LogP contribution < -0.4 is 5.32 Å². The summed E-state index contributed by atoms with van der Waals surface area (Å²) in [6, 6.07) is 9.79. The van der Waals surface area contributed by atoms with Crippen LogP contribution >= 0.6 is 0 Å². The lowest BCUT2D eigenvalue weighted by molar-refractivity contribution is -0.130. The van der Waals surface area contributed by atoms with Crippen LogP contribution in [0.25, 0.3) is 0 Å². The molecule has 1 aromatic rings. The number of hydrogen-bond donors (Lipinski definition) is 1. The van der Waals surface area contributed by atoms with Crippen LogP contribution in [0.5, 0.6) is 0 Å². The molecule has 0 radical (unpaired) electrons. The van der Waals surface area contributed by atoms with Crippen LogP contribution in [0.1, 0.15) is 37.8 Å². The maximum Gasteiger partial charge on any atom is 0.245 e. The number of hydrogen-bond acceptors (Lipinski definition) is 3. The molecule has 1 N–H and O–H groups in total. The molecule has 1 saturated heterocycles. The molecule has 1 heterocycles. The molecule has 1 aliphatic carbocycles. The fourth-order valence-electron chi connectivity index (χ4n) is 3.20. The lowest BCUT2D eigenvalue weighted by atomic mass is 10.0. The molecule has 1 amide bonds. The molecule has 4 heteroatoms. The van der Waals surface area contributed by atoms with E-state index in [9.17, 15) is 4.79 Å². The molecule has 1 aromatic carbocycles. The zero-order valence-electron chi connectivity index (χ0n) is 12.8. The Labute approximate surface area is 126 Å². The number of rotatable bonds is 6. The summed E-state index contributed by atoms with van der Waals surface area (Å²) in [4.78, 5) is 14.7. The second kappa shape index (κ2) is 5.78. The van der Waals surface area contributed by atoms with Crippen LogP contribution in [0.3, 0.4) is 0 Å². The first-order valence-corrected chi connectivity index (χ1v) is 7.76. The van der Waals surface area contributed by atoms with E-state index in [1.54, 1.807) is 7.11 Å². The molecule has 4 nitrogen and oxygen atoms in total. The van der Waals surface area contributed by atoms with Gasteiger partial charge in [0.15, 0.2) is 0 Å². The molecule has 0 aromatic heterocycles. The van der Waals surface area contributed by atoms with Crippen molar-refractivity contribution in [2.75, 3.05) is 20.3 Å². The third kappa shape index (κ3) is 2.97. The van der Waals surface area contributed by atoms with Crippen LogP contribution in [-0.4, -0.2) is 37.2 Å². The molecule has 1 saturated carbocycles. The van der Waals surface area contributed by atoms with Crippen LogP contribution in [0.2, 0.25) is 0 Å². The Bertz CT molecular complexity index is 499. The average Bonchev–Trinajstić information content (AvgIpc) is 3.22. The van der Waals surface area contributed by atoms with E-state index in [1.165, 1.54) is 12.8 Å². The van der Waals surface area contributed by atoms with Crippen molar-refractivity contribution in [1.29, 1.82) is 0 Å². The molecular formula is C17H24N2O2. The van der Waals surface area contributed by atoms with Gasteiger partial charge in [0.25, 0.3) is 0 Å². The zero-order chi connectivity index (χ0) is 14.9. The fourth-order valence-corrected chi connectivity index (χ4v) is 3.20. The van der Waals surface area contributed by atoms with E-state index in [-0.39, 0.29) is 18.1 Å². The van der Waals surface area contributed by atoms with E-state index in [0.717, 1.165) is 25.1 Å². The van der Waals surface area contributed by atoms with Gasteiger partial charge in [-0.1, -0.05) is 30.3 Å². The molecule has 2 atom stereocenters. The smallest absolute Gasteiger partial charge is 0.245 e. The standard InChI is InChI=1S/C17H24N2O2/c1-13-18-15(14-6-4-3-5-7-14)16(20)19(13)12-17(8-9-17)10-11-21-2/h3-7,13,15,18H,8-12H2,1-2H3. The quantitative estimate of drug-likeness (QED) is 0.873. The van der Waals surface area contributed by atoms with E-state index in [4.69, 9.17) is 4.74 Å². The Balaban J connectivity index is 1.68. The highest BCUT2D eigenvalue weighted by Gasteiger charge is 2.48. The molecule has 1 aliphatic heterocycles. The number of nitrogens with zero attached hydrogens (tertiary/aromatic N) is 1. The van der Waals surface area contributed by atoms with Gasteiger partial charge in [-0.05, 0) is 37.2 Å². The molecular weight excluding hydrogens is 264 g/mol. The summed E-state index contributed by atoms with van der Waals surface area (Å²) in [6.07, 6.45) is 3.57. The Kier molecular flexibility index (Phi) is 4.00. The minimum Gasteiger partial charge on any atom is -0.385 e. The van der Waals surface area contributed by atoms with E-state index in [2.05, 4.69) is 12.2 Å². The summed E-state index contributed by atoms with van der Waals surface area (Å²) in [6.45, 7) is 3.71. The van der Waals surface area contributed by atoms with Gasteiger partial charge in [-0.15, -0.1) is 0 Å². The number of methoxy groups -OCH3 is 1. The van der Waals surface area contributed by atoms with Gasteiger partial charge in [0.05, 0.1) is 6.17 Å². The predicted octanol–water partition coefficient (Wildman–Crippen LogP) is 2.32. The summed E-state index contributed by atoms with van der Waals surface area (Å²) in [5, 5.41) is 3.42. The molecule has 114 valence electrons. The highest BCUT2D eigenvalue weighted by molar-refractivity contribution is 5.85. The number of carbonyl (C=O) groups is 1. The van der Waals surface area contributed by atoms with Gasteiger partial charge in [-0.2, -0.15) is 0 Å². The number of carbonyl (C=O) groups excluding carboxylic acids is 1. The Morgan fingerprint density at radius 1 is 1.33 bits per heavy atom. The van der Waals surface area contributed by atoms with Crippen LogP contribution in [0.15, 0.2) is 30.3 Å². The van der Waals surface area contributed by atoms with Gasteiger partial charge in [-0.25, -0.2) is 0 Å². The Hall–Kier alpha value is -1.39. The monoisotopic (exact) mass is 288 g/mol. The number of nitrogens with one attached hydrogen (secondary N) is 1. The first-order chi connectivity index (χ1) is 10.2. The zero-order valence-corrected chi connectivity index (χ0v) is 12.8. The van der Waals surface area contributed by atoms with Gasteiger partial charge >= 0.3 is 0 Å². The van der Waals surface area contributed by atoms with Crippen molar-refractivity contribution >= 4 is 5.91 Å². The number of benzene rings is 1. The normalized spacial score (nSPS) is 27.1. The van der Waals surface area contributed by atoms with Gasteiger partial charge < -0.3 is 9.64 Å². The van der Waals surface area contributed by atoms with E-state index in [1.807, 2.05) is 35.2 Å². The van der Waals surface area contributed by atoms with Crippen molar-refractivity contribution < 1.29 is 9.53 Å². The van der Waals surface area contributed by atoms with Crippen LogP contribution in [0, 0.1) is 5.41 Å². The first-order valence-electron chi connectivity index (χ1n) is 7.76. The van der Waals surface area contributed by atoms with Crippen LogP contribution in [0.4, 0.5) is 0 Å². The summed E-state index contributed by atoms with van der Waals surface area (Å²) in [7, 11) is 1.74. The lowest BCUT2D eigenvalue weighted by Gasteiger charge is -2.26. The van der Waals surface area contributed by atoms with Crippen LogP contribution in [-0.2, 0) is 9.53 Å². The van der Waals surface area contributed by atoms with Gasteiger partial charge in [0.1, 0.15) is 6.04 Å². The maximum absolute atomic E-state index is 12.7. The lowest BCUT2D eigenvalue weighted by Crippen LogP contribution is -2.39. The molecule has 3 rings (SSSR count). The SMILES string of the molecule is COCCC1(CN2C(=O)C(c3ccccc3)NC2C)CC1. The number of amides is 1. The minimum absolute atomic E-state index is 0.0997. The third-order valence-corrected chi connectivity index (χ3v) is 4.84. The average molecular weight is 288 g/mol. The molecule has 0 spiro atoms. The van der Waals surface area contributed by atoms with E-state index < -0.39 is 0 Å². The van der Waals surface area contributed by atoms with E-state index in [0.29, 0.717) is 5.41 Å². The first kappa shape index (κ1) is 14.5. The molecule has 2 unspecified atom stereocenters. The Morgan fingerprint density at radius 2 is 2.05 bits per heavy atom. The molecule has 0 bridgehead atoms. The highest BCUT2D eigenvalue weighted by Crippen LogP contribution is 2.50. The topological polar surface area (TPSA) is 41.6 Å². The number of ether oxygens (including phenoxy) is 1. The molecule has 21 heavy (non-hydrogen) atoms. The predicted molar refractivity (Wildman–Crippen MR) is 81.7 cm³/mol. The summed E-state index contributed by atoms with van der Waals surface area (Å²) in [5.74, 6) is 0.206. The molecule has 2 fully saturated rings. The summed E-state index contributed by atoms with van der Waals surface area (Å²) < 4.78 is 5.21. The molecule has 2 aliphatic rings. The fraction of sp³-hybridized carbons (Fsp3) is 0.588. The van der Waals surface area contributed by atoms with Gasteiger partial charge in [0, 0.05) is 20.3 Å². The summed E-state index contributed by atoms with van der Waals surface area (Å²) >= 11 is 0. The summed E-state index contributed by atoms with van der Waals surface area (Å²) in [5.41, 5.74) is 1.35. The second-order valence-corrected chi connectivity index (χ2v) is 6.40. The maximum atomic E-state index is 12.7. The van der Waals surface area contributed by atoms with Crippen molar-refractivity contribution in [1.82, 2.24) is 10.2 Å². The van der Waals surface area contributed by atoms with Crippen molar-refractivity contribution in [2.45, 2.75) is 38.4 Å². The second-order valence-electron chi connectivity index (χ2n) is 6.40. The van der Waals surface area contributed by atoms with Crippen molar-refractivity contribution in [3.63, 3.8) is 0 Å².